The number of carbonyl (C=O) groups is 1. The van der Waals surface area contributed by atoms with Crippen LogP contribution in [0.3, 0.4) is 0 Å². The summed E-state index contributed by atoms with van der Waals surface area (Å²) >= 11 is 0. The fraction of sp³-hybridized carbons (Fsp3) is 0.933. The first-order chi connectivity index (χ1) is 9.19. The van der Waals surface area contributed by atoms with E-state index in [0.717, 1.165) is 39.1 Å². The van der Waals surface area contributed by atoms with Crippen molar-refractivity contribution in [2.24, 2.45) is 5.92 Å². The van der Waals surface area contributed by atoms with E-state index in [2.05, 4.69) is 29.4 Å². The topological polar surface area (TPSA) is 44.4 Å². The van der Waals surface area contributed by atoms with E-state index in [9.17, 15) is 4.79 Å². The summed E-state index contributed by atoms with van der Waals surface area (Å²) < 4.78 is 0. The van der Waals surface area contributed by atoms with Crippen molar-refractivity contribution in [3.05, 3.63) is 0 Å². The third kappa shape index (κ3) is 5.91. The summed E-state index contributed by atoms with van der Waals surface area (Å²) in [5, 5.41) is 6.50. The average Bonchev–Trinajstić information content (AvgIpc) is 2.44. The van der Waals surface area contributed by atoms with Crippen LogP contribution in [0.1, 0.15) is 46.5 Å². The summed E-state index contributed by atoms with van der Waals surface area (Å²) in [6.07, 6.45) is 4.69. The van der Waals surface area contributed by atoms with Gasteiger partial charge in [-0.15, -0.1) is 0 Å². The molecule has 112 valence electrons. The normalized spacial score (nSPS) is 22.2. The maximum absolute atomic E-state index is 12.0. The van der Waals surface area contributed by atoms with E-state index in [-0.39, 0.29) is 11.9 Å². The molecule has 1 heterocycles. The Bertz CT molecular complexity index is 258. The maximum Gasteiger partial charge on any atom is 0.237 e. The average molecular weight is 269 g/mol. The Kier molecular flexibility index (Phi) is 8.07. The minimum Gasteiger partial charge on any atom is -0.355 e. The molecule has 0 aromatic heterocycles. The largest absolute Gasteiger partial charge is 0.355 e. The molecule has 0 aromatic rings. The van der Waals surface area contributed by atoms with Crippen molar-refractivity contribution in [1.29, 1.82) is 0 Å². The van der Waals surface area contributed by atoms with Gasteiger partial charge in [-0.25, -0.2) is 0 Å². The van der Waals surface area contributed by atoms with E-state index >= 15 is 0 Å². The monoisotopic (exact) mass is 269 g/mol. The summed E-state index contributed by atoms with van der Waals surface area (Å²) in [7, 11) is 0. The van der Waals surface area contributed by atoms with Crippen molar-refractivity contribution in [3.8, 4) is 0 Å². The van der Waals surface area contributed by atoms with Crippen molar-refractivity contribution in [2.75, 3.05) is 32.7 Å². The van der Waals surface area contributed by atoms with Crippen LogP contribution in [-0.4, -0.2) is 49.6 Å². The number of nitrogens with zero attached hydrogens (tertiary/aromatic N) is 1. The van der Waals surface area contributed by atoms with E-state index in [4.69, 9.17) is 0 Å². The summed E-state index contributed by atoms with van der Waals surface area (Å²) in [4.78, 5) is 14.3. The molecular weight excluding hydrogens is 238 g/mol. The molecule has 0 bridgehead atoms. The second kappa shape index (κ2) is 9.32. The molecule has 1 rings (SSSR count). The standard InChI is InChI=1S/C15H31N3O/c1-4-8-16-11-14-7-6-10-18(12-14)13(3)15(19)17-9-5-2/h13-14,16H,4-12H2,1-3H3,(H,17,19). The van der Waals surface area contributed by atoms with E-state index in [1.54, 1.807) is 0 Å². The molecule has 1 fully saturated rings. The van der Waals surface area contributed by atoms with Crippen LogP contribution in [0.2, 0.25) is 0 Å². The lowest BCUT2D eigenvalue weighted by Gasteiger charge is -2.36. The fourth-order valence-electron chi connectivity index (χ4n) is 2.66. The van der Waals surface area contributed by atoms with E-state index in [1.165, 1.54) is 19.3 Å². The molecule has 4 nitrogen and oxygen atoms in total. The Hall–Kier alpha value is -0.610. The maximum atomic E-state index is 12.0. The summed E-state index contributed by atoms with van der Waals surface area (Å²) in [6, 6.07) is 0.0144. The summed E-state index contributed by atoms with van der Waals surface area (Å²) in [6.45, 7) is 11.4. The predicted octanol–water partition coefficient (Wildman–Crippen LogP) is 1.61. The lowest BCUT2D eigenvalue weighted by atomic mass is 9.96. The Morgan fingerprint density at radius 3 is 2.74 bits per heavy atom. The van der Waals surface area contributed by atoms with Crippen molar-refractivity contribution in [1.82, 2.24) is 15.5 Å². The van der Waals surface area contributed by atoms with Crippen LogP contribution in [0.25, 0.3) is 0 Å². The molecule has 1 amide bonds. The highest BCUT2D eigenvalue weighted by Gasteiger charge is 2.26. The first kappa shape index (κ1) is 16.4. The number of hydrogen-bond acceptors (Lipinski definition) is 3. The summed E-state index contributed by atoms with van der Waals surface area (Å²) in [5.41, 5.74) is 0. The number of rotatable bonds is 8. The van der Waals surface area contributed by atoms with Crippen molar-refractivity contribution in [2.45, 2.75) is 52.5 Å². The van der Waals surface area contributed by atoms with Crippen molar-refractivity contribution in [3.63, 3.8) is 0 Å². The van der Waals surface area contributed by atoms with E-state index < -0.39 is 0 Å². The van der Waals surface area contributed by atoms with Gasteiger partial charge >= 0.3 is 0 Å². The van der Waals surface area contributed by atoms with Gasteiger partial charge in [-0.3, -0.25) is 9.69 Å². The van der Waals surface area contributed by atoms with Crippen LogP contribution in [0, 0.1) is 5.92 Å². The third-order valence-corrected chi connectivity index (χ3v) is 3.89. The van der Waals surface area contributed by atoms with Crippen LogP contribution >= 0.6 is 0 Å². The van der Waals surface area contributed by atoms with E-state index in [0.29, 0.717) is 5.92 Å². The lowest BCUT2D eigenvalue weighted by molar-refractivity contribution is -0.126. The fourth-order valence-corrected chi connectivity index (χ4v) is 2.66. The zero-order chi connectivity index (χ0) is 14.1. The van der Waals surface area contributed by atoms with Crippen LogP contribution in [0.15, 0.2) is 0 Å². The minimum atomic E-state index is 0.0144. The highest BCUT2D eigenvalue weighted by atomic mass is 16.2. The predicted molar refractivity (Wildman–Crippen MR) is 80.2 cm³/mol. The molecular formula is C15H31N3O. The van der Waals surface area contributed by atoms with Crippen LogP contribution < -0.4 is 10.6 Å². The van der Waals surface area contributed by atoms with Gasteiger partial charge in [0.05, 0.1) is 6.04 Å². The van der Waals surface area contributed by atoms with Gasteiger partial charge in [-0.1, -0.05) is 13.8 Å². The lowest BCUT2D eigenvalue weighted by Crippen LogP contribution is -2.50. The molecule has 2 N–H and O–H groups in total. The Morgan fingerprint density at radius 2 is 2.05 bits per heavy atom. The van der Waals surface area contributed by atoms with Gasteiger partial charge < -0.3 is 10.6 Å². The highest BCUT2D eigenvalue weighted by Crippen LogP contribution is 2.18. The SMILES string of the molecule is CCCNCC1CCCN(C(C)C(=O)NCCC)C1. The molecule has 2 unspecified atom stereocenters. The summed E-state index contributed by atoms with van der Waals surface area (Å²) in [5.74, 6) is 0.880. The van der Waals surface area contributed by atoms with Crippen molar-refractivity contribution >= 4 is 5.91 Å². The van der Waals surface area contributed by atoms with Crippen LogP contribution in [0.5, 0.6) is 0 Å². The number of nitrogens with one attached hydrogen (secondary N) is 2. The minimum absolute atomic E-state index is 0.0144. The van der Waals surface area contributed by atoms with Crippen LogP contribution in [-0.2, 0) is 4.79 Å². The number of likely N-dealkylation sites (tertiary alicyclic amines) is 1. The highest BCUT2D eigenvalue weighted by molar-refractivity contribution is 5.81. The number of hydrogen-bond donors (Lipinski definition) is 2. The molecule has 0 spiro atoms. The molecule has 0 radical (unpaired) electrons. The van der Waals surface area contributed by atoms with E-state index in [1.807, 2.05) is 6.92 Å². The van der Waals surface area contributed by atoms with Gasteiger partial charge in [0.15, 0.2) is 0 Å². The van der Waals surface area contributed by atoms with Gasteiger partial charge in [0.25, 0.3) is 0 Å². The molecule has 1 aliphatic heterocycles. The van der Waals surface area contributed by atoms with Crippen molar-refractivity contribution < 1.29 is 4.79 Å². The van der Waals surface area contributed by atoms with Gasteiger partial charge in [-0.05, 0) is 58.2 Å². The van der Waals surface area contributed by atoms with Gasteiger partial charge in [0.2, 0.25) is 5.91 Å². The number of amides is 1. The van der Waals surface area contributed by atoms with Gasteiger partial charge in [-0.2, -0.15) is 0 Å². The first-order valence-corrected chi connectivity index (χ1v) is 7.91. The Morgan fingerprint density at radius 1 is 1.32 bits per heavy atom. The molecule has 0 aromatic carbocycles. The molecule has 1 aliphatic rings. The third-order valence-electron chi connectivity index (χ3n) is 3.89. The molecule has 2 atom stereocenters. The van der Waals surface area contributed by atoms with Gasteiger partial charge in [0, 0.05) is 13.1 Å². The Balaban J connectivity index is 2.34. The second-order valence-corrected chi connectivity index (χ2v) is 5.67. The molecule has 4 heteroatoms. The number of carbonyl (C=O) groups excluding carboxylic acids is 1. The van der Waals surface area contributed by atoms with Crippen LogP contribution in [0.4, 0.5) is 0 Å². The van der Waals surface area contributed by atoms with Gasteiger partial charge in [0.1, 0.15) is 0 Å². The second-order valence-electron chi connectivity index (χ2n) is 5.67. The first-order valence-electron chi connectivity index (χ1n) is 7.91. The zero-order valence-corrected chi connectivity index (χ0v) is 12.9. The molecule has 0 saturated carbocycles. The molecule has 1 saturated heterocycles. The molecule has 0 aliphatic carbocycles. The zero-order valence-electron chi connectivity index (χ0n) is 12.9. The molecule has 19 heavy (non-hydrogen) atoms. The number of piperidine rings is 1. The smallest absolute Gasteiger partial charge is 0.237 e. The quantitative estimate of drug-likeness (QED) is 0.658. The Labute approximate surface area is 118 Å².